The van der Waals surface area contributed by atoms with Crippen molar-refractivity contribution < 1.29 is 14.7 Å². The quantitative estimate of drug-likeness (QED) is 0.750. The fourth-order valence-electron chi connectivity index (χ4n) is 1.97. The van der Waals surface area contributed by atoms with Crippen LogP contribution in [0.5, 0.6) is 0 Å². The Balaban J connectivity index is 2.30. The summed E-state index contributed by atoms with van der Waals surface area (Å²) in [6.07, 6.45) is 2.39. The van der Waals surface area contributed by atoms with Crippen molar-refractivity contribution in [2.75, 3.05) is 32.8 Å². The predicted molar refractivity (Wildman–Crippen MR) is 64.4 cm³/mol. The minimum absolute atomic E-state index is 0.0562. The van der Waals surface area contributed by atoms with E-state index in [1.807, 2.05) is 11.8 Å². The second kappa shape index (κ2) is 7.27. The first kappa shape index (κ1) is 14.0. The Labute approximate surface area is 102 Å². The van der Waals surface area contributed by atoms with Gasteiger partial charge in [-0.25, -0.2) is 0 Å². The Morgan fingerprint density at radius 1 is 1.00 bits per heavy atom. The molecule has 1 rings (SSSR count). The highest BCUT2D eigenvalue weighted by molar-refractivity contribution is 5.78. The molecule has 0 aromatic heterocycles. The van der Waals surface area contributed by atoms with Crippen molar-refractivity contribution in [2.24, 2.45) is 0 Å². The van der Waals surface area contributed by atoms with Crippen LogP contribution in [-0.2, 0) is 9.59 Å². The molecule has 0 aromatic carbocycles. The molecule has 0 aliphatic carbocycles. The van der Waals surface area contributed by atoms with Crippen LogP contribution in [0.4, 0.5) is 0 Å². The molecule has 1 N–H and O–H groups in total. The molecule has 2 amide bonds. The largest absolute Gasteiger partial charge is 0.396 e. The maximum absolute atomic E-state index is 11.7. The highest BCUT2D eigenvalue weighted by Crippen LogP contribution is 2.07. The normalized spacial score (nSPS) is 16.1. The molecule has 5 nitrogen and oxygen atoms in total. The summed E-state index contributed by atoms with van der Waals surface area (Å²) in [4.78, 5) is 26.9. The first-order valence-corrected chi connectivity index (χ1v) is 6.35. The molecular formula is C12H22N2O3. The van der Waals surface area contributed by atoms with Crippen LogP contribution in [0.2, 0.25) is 0 Å². The molecule has 0 atom stereocenters. The van der Waals surface area contributed by atoms with Gasteiger partial charge in [0.25, 0.3) is 0 Å². The number of hydrogen-bond donors (Lipinski definition) is 1. The average molecular weight is 242 g/mol. The van der Waals surface area contributed by atoms with Crippen molar-refractivity contribution in [3.05, 3.63) is 0 Å². The van der Waals surface area contributed by atoms with Crippen LogP contribution < -0.4 is 0 Å². The third kappa shape index (κ3) is 4.34. The molecule has 98 valence electrons. The number of aliphatic hydroxyl groups excluding tert-OH is 1. The summed E-state index contributed by atoms with van der Waals surface area (Å²) in [5.41, 5.74) is 0. The lowest BCUT2D eigenvalue weighted by atomic mass is 10.2. The first-order valence-electron chi connectivity index (χ1n) is 6.35. The lowest BCUT2D eigenvalue weighted by Gasteiger charge is -2.34. The fourth-order valence-corrected chi connectivity index (χ4v) is 1.97. The summed E-state index contributed by atoms with van der Waals surface area (Å²) in [7, 11) is 0. The van der Waals surface area contributed by atoms with Crippen LogP contribution in [-0.4, -0.2) is 59.5 Å². The zero-order chi connectivity index (χ0) is 12.7. The van der Waals surface area contributed by atoms with Crippen LogP contribution in [0.25, 0.3) is 0 Å². The van der Waals surface area contributed by atoms with Crippen LogP contribution in [0, 0.1) is 0 Å². The number of amides is 2. The van der Waals surface area contributed by atoms with Gasteiger partial charge in [-0.2, -0.15) is 0 Å². The molecule has 5 heteroatoms. The predicted octanol–water partition coefficient (Wildman–Crippen LogP) is 0.230. The van der Waals surface area contributed by atoms with E-state index in [0.29, 0.717) is 45.4 Å². The molecular weight excluding hydrogens is 220 g/mol. The Kier molecular flexibility index (Phi) is 5.97. The second-order valence-corrected chi connectivity index (χ2v) is 4.34. The molecule has 1 aliphatic rings. The van der Waals surface area contributed by atoms with Gasteiger partial charge in [-0.05, 0) is 12.8 Å². The van der Waals surface area contributed by atoms with Gasteiger partial charge in [-0.1, -0.05) is 6.92 Å². The summed E-state index contributed by atoms with van der Waals surface area (Å²) < 4.78 is 0. The molecule has 1 fully saturated rings. The maximum atomic E-state index is 11.7. The van der Waals surface area contributed by atoms with Gasteiger partial charge in [0, 0.05) is 45.6 Å². The van der Waals surface area contributed by atoms with Gasteiger partial charge in [-0.3, -0.25) is 9.59 Å². The van der Waals surface area contributed by atoms with Crippen molar-refractivity contribution in [1.82, 2.24) is 9.80 Å². The number of hydrogen-bond acceptors (Lipinski definition) is 3. The SMILES string of the molecule is CCCC(=O)N1CCN(C(=O)CCCO)CC1. The van der Waals surface area contributed by atoms with Gasteiger partial charge in [0.05, 0.1) is 0 Å². The minimum Gasteiger partial charge on any atom is -0.396 e. The lowest BCUT2D eigenvalue weighted by molar-refractivity contribution is -0.139. The van der Waals surface area contributed by atoms with Gasteiger partial charge in [0.1, 0.15) is 0 Å². The minimum atomic E-state index is 0.0562. The molecule has 1 saturated heterocycles. The van der Waals surface area contributed by atoms with E-state index in [1.54, 1.807) is 4.90 Å². The molecule has 0 radical (unpaired) electrons. The number of nitrogens with zero attached hydrogens (tertiary/aromatic N) is 2. The second-order valence-electron chi connectivity index (χ2n) is 4.34. The van der Waals surface area contributed by atoms with Crippen molar-refractivity contribution in [3.8, 4) is 0 Å². The zero-order valence-corrected chi connectivity index (χ0v) is 10.5. The van der Waals surface area contributed by atoms with Gasteiger partial charge < -0.3 is 14.9 Å². The zero-order valence-electron chi connectivity index (χ0n) is 10.5. The molecule has 17 heavy (non-hydrogen) atoms. The summed E-state index contributed by atoms with van der Waals surface area (Å²) in [5.74, 6) is 0.275. The smallest absolute Gasteiger partial charge is 0.222 e. The van der Waals surface area contributed by atoms with Crippen LogP contribution in [0.15, 0.2) is 0 Å². The number of piperazine rings is 1. The van der Waals surface area contributed by atoms with Gasteiger partial charge >= 0.3 is 0 Å². The molecule has 0 saturated carbocycles. The summed E-state index contributed by atoms with van der Waals surface area (Å²) in [6.45, 7) is 4.58. The van der Waals surface area contributed by atoms with E-state index in [-0.39, 0.29) is 18.4 Å². The van der Waals surface area contributed by atoms with Crippen molar-refractivity contribution in [2.45, 2.75) is 32.6 Å². The van der Waals surface area contributed by atoms with E-state index in [1.165, 1.54) is 0 Å². The monoisotopic (exact) mass is 242 g/mol. The Bertz CT molecular complexity index is 260. The number of aliphatic hydroxyl groups is 1. The third-order valence-corrected chi connectivity index (χ3v) is 3.00. The van der Waals surface area contributed by atoms with E-state index in [0.717, 1.165) is 6.42 Å². The summed E-state index contributed by atoms with van der Waals surface area (Å²) >= 11 is 0. The fraction of sp³-hybridized carbons (Fsp3) is 0.833. The maximum Gasteiger partial charge on any atom is 0.222 e. The summed E-state index contributed by atoms with van der Waals surface area (Å²) in [5, 5.41) is 8.66. The first-order chi connectivity index (χ1) is 8.19. The van der Waals surface area contributed by atoms with Crippen molar-refractivity contribution in [3.63, 3.8) is 0 Å². The van der Waals surface area contributed by atoms with Crippen LogP contribution >= 0.6 is 0 Å². The molecule has 0 spiro atoms. The van der Waals surface area contributed by atoms with Gasteiger partial charge in [-0.15, -0.1) is 0 Å². The Morgan fingerprint density at radius 3 is 1.88 bits per heavy atom. The molecule has 0 aromatic rings. The van der Waals surface area contributed by atoms with Crippen LogP contribution in [0.3, 0.4) is 0 Å². The number of rotatable bonds is 5. The van der Waals surface area contributed by atoms with Gasteiger partial charge in [0.2, 0.25) is 11.8 Å². The van der Waals surface area contributed by atoms with Crippen LogP contribution in [0.1, 0.15) is 32.6 Å². The Morgan fingerprint density at radius 2 is 1.47 bits per heavy atom. The Hall–Kier alpha value is -1.10. The van der Waals surface area contributed by atoms with E-state index >= 15 is 0 Å². The standard InChI is InChI=1S/C12H22N2O3/c1-2-4-11(16)13-6-8-14(9-7-13)12(17)5-3-10-15/h15H,2-10H2,1H3. The number of carbonyl (C=O) groups is 2. The van der Waals surface area contributed by atoms with Crippen molar-refractivity contribution in [1.29, 1.82) is 0 Å². The molecule has 0 bridgehead atoms. The lowest BCUT2D eigenvalue weighted by Crippen LogP contribution is -2.50. The van der Waals surface area contributed by atoms with E-state index in [4.69, 9.17) is 5.11 Å². The van der Waals surface area contributed by atoms with E-state index in [2.05, 4.69) is 0 Å². The molecule has 1 aliphatic heterocycles. The summed E-state index contributed by atoms with van der Waals surface area (Å²) in [6, 6.07) is 0. The van der Waals surface area contributed by atoms with Gasteiger partial charge in [0.15, 0.2) is 0 Å². The third-order valence-electron chi connectivity index (χ3n) is 3.00. The van der Waals surface area contributed by atoms with Crippen molar-refractivity contribution >= 4 is 11.8 Å². The highest BCUT2D eigenvalue weighted by atomic mass is 16.3. The topological polar surface area (TPSA) is 60.9 Å². The van der Waals surface area contributed by atoms with E-state index < -0.39 is 0 Å². The van der Waals surface area contributed by atoms with E-state index in [9.17, 15) is 9.59 Å². The molecule has 0 unspecified atom stereocenters. The number of carbonyl (C=O) groups excluding carboxylic acids is 2. The highest BCUT2D eigenvalue weighted by Gasteiger charge is 2.22. The average Bonchev–Trinajstić information content (AvgIpc) is 2.36. The molecule has 1 heterocycles.